The molecule has 0 aliphatic carbocycles. The lowest BCUT2D eigenvalue weighted by atomic mass is 10.2. The predicted octanol–water partition coefficient (Wildman–Crippen LogP) is 2.42. The molecule has 2 heterocycles. The minimum absolute atomic E-state index is 0.0896. The van der Waals surface area contributed by atoms with Gasteiger partial charge in [-0.3, -0.25) is 9.89 Å². The first-order valence-electron chi connectivity index (χ1n) is 6.37. The van der Waals surface area contributed by atoms with Crippen LogP contribution in [0.25, 0.3) is 10.8 Å². The van der Waals surface area contributed by atoms with Gasteiger partial charge in [-0.1, -0.05) is 17.7 Å². The van der Waals surface area contributed by atoms with Gasteiger partial charge in [0, 0.05) is 11.1 Å². The molecule has 2 N–H and O–H groups in total. The Hall–Kier alpha value is -2.54. The topological polar surface area (TPSA) is 83.6 Å². The summed E-state index contributed by atoms with van der Waals surface area (Å²) < 4.78 is 0. The van der Waals surface area contributed by atoms with Gasteiger partial charge in [0.15, 0.2) is 10.8 Å². The minimum atomic E-state index is -0.0896. The number of hydrogen-bond donors (Lipinski definition) is 2. The molecule has 0 aliphatic rings. The zero-order chi connectivity index (χ0) is 14.7. The number of thiazole rings is 1. The van der Waals surface area contributed by atoms with Gasteiger partial charge >= 0.3 is 0 Å². The normalized spacial score (nSPS) is 10.5. The summed E-state index contributed by atoms with van der Waals surface area (Å²) >= 11 is 1.43. The fourth-order valence-electron chi connectivity index (χ4n) is 1.81. The molecule has 1 aromatic carbocycles. The van der Waals surface area contributed by atoms with Crippen molar-refractivity contribution in [3.8, 4) is 10.8 Å². The first-order valence-corrected chi connectivity index (χ1v) is 7.25. The van der Waals surface area contributed by atoms with Gasteiger partial charge in [0.25, 0.3) is 0 Å². The molecule has 6 nitrogen and oxygen atoms in total. The van der Waals surface area contributed by atoms with E-state index in [4.69, 9.17) is 0 Å². The summed E-state index contributed by atoms with van der Waals surface area (Å²) in [5.74, 6) is 0.526. The summed E-state index contributed by atoms with van der Waals surface area (Å²) in [4.78, 5) is 20.4. The summed E-state index contributed by atoms with van der Waals surface area (Å²) in [5, 5.41) is 12.0. The van der Waals surface area contributed by atoms with Gasteiger partial charge in [-0.25, -0.2) is 9.97 Å². The third kappa shape index (κ3) is 3.32. The van der Waals surface area contributed by atoms with E-state index in [0.717, 1.165) is 22.0 Å². The van der Waals surface area contributed by atoms with E-state index >= 15 is 0 Å². The van der Waals surface area contributed by atoms with Crippen molar-refractivity contribution in [1.29, 1.82) is 0 Å². The van der Waals surface area contributed by atoms with Crippen LogP contribution in [0.2, 0.25) is 0 Å². The van der Waals surface area contributed by atoms with Crippen LogP contribution in [0.5, 0.6) is 0 Å². The molecular weight excluding hydrogens is 286 g/mol. The van der Waals surface area contributed by atoms with Gasteiger partial charge in [0.1, 0.15) is 6.33 Å². The average Bonchev–Trinajstić information content (AvgIpc) is 3.12. The fraction of sp³-hybridized carbons (Fsp3) is 0.143. The molecule has 0 aliphatic heterocycles. The number of aromatic amines is 1. The van der Waals surface area contributed by atoms with Gasteiger partial charge in [-0.2, -0.15) is 5.10 Å². The lowest BCUT2D eigenvalue weighted by Crippen LogP contribution is -2.14. The van der Waals surface area contributed by atoms with Crippen LogP contribution in [-0.4, -0.2) is 26.1 Å². The quantitative estimate of drug-likeness (QED) is 0.775. The highest BCUT2D eigenvalue weighted by Gasteiger charge is 2.10. The average molecular weight is 299 g/mol. The van der Waals surface area contributed by atoms with Crippen molar-refractivity contribution in [2.24, 2.45) is 0 Å². The second-order valence-electron chi connectivity index (χ2n) is 4.57. The monoisotopic (exact) mass is 299 g/mol. The summed E-state index contributed by atoms with van der Waals surface area (Å²) in [6, 6.07) is 7.68. The molecule has 1 amide bonds. The number of aryl methyl sites for hydroxylation is 1. The lowest BCUT2D eigenvalue weighted by Gasteiger charge is -2.04. The van der Waals surface area contributed by atoms with Crippen LogP contribution in [-0.2, 0) is 11.2 Å². The molecule has 0 saturated heterocycles. The van der Waals surface area contributed by atoms with E-state index in [1.807, 2.05) is 36.6 Å². The van der Waals surface area contributed by atoms with Crippen LogP contribution in [0.1, 0.15) is 11.3 Å². The van der Waals surface area contributed by atoms with Crippen LogP contribution >= 0.6 is 11.3 Å². The van der Waals surface area contributed by atoms with Crippen molar-refractivity contribution in [3.63, 3.8) is 0 Å². The number of amides is 1. The zero-order valence-corrected chi connectivity index (χ0v) is 12.1. The minimum Gasteiger partial charge on any atom is -0.326 e. The van der Waals surface area contributed by atoms with Crippen molar-refractivity contribution in [2.45, 2.75) is 13.3 Å². The van der Waals surface area contributed by atoms with Crippen LogP contribution in [0.3, 0.4) is 0 Å². The summed E-state index contributed by atoms with van der Waals surface area (Å²) in [5.41, 5.74) is 2.66. The van der Waals surface area contributed by atoms with Crippen molar-refractivity contribution in [3.05, 3.63) is 47.2 Å². The fourth-order valence-corrected chi connectivity index (χ4v) is 2.58. The van der Waals surface area contributed by atoms with Gasteiger partial charge in [0.2, 0.25) is 5.91 Å². The third-order valence-electron chi connectivity index (χ3n) is 2.85. The van der Waals surface area contributed by atoms with Crippen molar-refractivity contribution in [1.82, 2.24) is 20.2 Å². The maximum absolute atomic E-state index is 12.0. The molecule has 0 unspecified atom stereocenters. The molecule has 0 bridgehead atoms. The highest BCUT2D eigenvalue weighted by Crippen LogP contribution is 2.20. The van der Waals surface area contributed by atoms with Crippen molar-refractivity contribution >= 4 is 22.9 Å². The van der Waals surface area contributed by atoms with Crippen molar-refractivity contribution < 1.29 is 4.79 Å². The number of carbonyl (C=O) groups is 1. The summed E-state index contributed by atoms with van der Waals surface area (Å²) in [6.45, 7) is 2.01. The molecule has 0 fully saturated rings. The van der Waals surface area contributed by atoms with Gasteiger partial charge in [-0.15, -0.1) is 11.3 Å². The standard InChI is InChI=1S/C14H13N5OS/c1-9-2-4-10(5-3-9)17-12(20)6-11-7-21-14(18-11)13-15-8-16-19-13/h2-5,7-8H,6H2,1H3,(H,17,20)(H,15,16,19). The van der Waals surface area contributed by atoms with Crippen LogP contribution in [0, 0.1) is 6.92 Å². The van der Waals surface area contributed by atoms with Gasteiger partial charge < -0.3 is 5.32 Å². The molecule has 3 rings (SSSR count). The number of H-pyrrole nitrogens is 1. The van der Waals surface area contributed by atoms with E-state index in [9.17, 15) is 4.79 Å². The molecule has 106 valence electrons. The SMILES string of the molecule is Cc1ccc(NC(=O)Cc2csc(-c3ncn[nH]3)n2)cc1. The maximum atomic E-state index is 12.0. The molecule has 21 heavy (non-hydrogen) atoms. The number of hydrogen-bond acceptors (Lipinski definition) is 5. The number of anilines is 1. The Balaban J connectivity index is 1.64. The van der Waals surface area contributed by atoms with Crippen LogP contribution < -0.4 is 5.32 Å². The Kier molecular flexibility index (Phi) is 3.74. The van der Waals surface area contributed by atoms with E-state index in [1.54, 1.807) is 0 Å². The maximum Gasteiger partial charge on any atom is 0.230 e. The molecule has 7 heteroatoms. The molecule has 0 atom stereocenters. The highest BCUT2D eigenvalue weighted by atomic mass is 32.1. The molecule has 0 spiro atoms. The van der Waals surface area contributed by atoms with E-state index in [2.05, 4.69) is 25.5 Å². The number of aromatic nitrogens is 4. The number of carbonyl (C=O) groups excluding carboxylic acids is 1. The third-order valence-corrected chi connectivity index (χ3v) is 3.74. The Bertz CT molecular complexity index is 733. The molecular formula is C14H13N5OS. The van der Waals surface area contributed by atoms with E-state index in [-0.39, 0.29) is 12.3 Å². The van der Waals surface area contributed by atoms with Crippen LogP contribution in [0.4, 0.5) is 5.69 Å². The Morgan fingerprint density at radius 2 is 2.14 bits per heavy atom. The van der Waals surface area contributed by atoms with E-state index in [1.165, 1.54) is 17.7 Å². The second-order valence-corrected chi connectivity index (χ2v) is 5.43. The molecule has 0 saturated carbocycles. The summed E-state index contributed by atoms with van der Waals surface area (Å²) in [6.07, 6.45) is 1.67. The molecule has 2 aromatic heterocycles. The van der Waals surface area contributed by atoms with Gasteiger partial charge in [-0.05, 0) is 19.1 Å². The van der Waals surface area contributed by atoms with E-state index in [0.29, 0.717) is 5.82 Å². The highest BCUT2D eigenvalue weighted by molar-refractivity contribution is 7.13. The number of rotatable bonds is 4. The smallest absolute Gasteiger partial charge is 0.230 e. The molecule has 0 radical (unpaired) electrons. The van der Waals surface area contributed by atoms with Crippen LogP contribution in [0.15, 0.2) is 36.0 Å². The Labute approximate surface area is 125 Å². The second kappa shape index (κ2) is 5.84. The first kappa shape index (κ1) is 13.4. The number of nitrogens with one attached hydrogen (secondary N) is 2. The zero-order valence-electron chi connectivity index (χ0n) is 11.3. The van der Waals surface area contributed by atoms with Gasteiger partial charge in [0.05, 0.1) is 12.1 Å². The first-order chi connectivity index (χ1) is 10.2. The Morgan fingerprint density at radius 3 is 2.86 bits per heavy atom. The molecule has 3 aromatic rings. The van der Waals surface area contributed by atoms with Crippen molar-refractivity contribution in [2.75, 3.05) is 5.32 Å². The Morgan fingerprint density at radius 1 is 1.33 bits per heavy atom. The lowest BCUT2D eigenvalue weighted by molar-refractivity contribution is -0.115. The number of benzene rings is 1. The number of nitrogens with zero attached hydrogens (tertiary/aromatic N) is 3. The summed E-state index contributed by atoms with van der Waals surface area (Å²) in [7, 11) is 0. The predicted molar refractivity (Wildman–Crippen MR) is 81.0 cm³/mol. The van der Waals surface area contributed by atoms with E-state index < -0.39 is 0 Å². The largest absolute Gasteiger partial charge is 0.326 e.